The van der Waals surface area contributed by atoms with E-state index in [0.717, 1.165) is 19.3 Å². The molecule has 23 heavy (non-hydrogen) atoms. The maximum absolute atomic E-state index is 12.6. The fourth-order valence-electron chi connectivity index (χ4n) is 2.54. The first-order valence-corrected chi connectivity index (χ1v) is 7.40. The quantitative estimate of drug-likeness (QED) is 0.574. The van der Waals surface area contributed by atoms with Gasteiger partial charge in [0.25, 0.3) is 5.56 Å². The number of aromatic amines is 1. The Balaban J connectivity index is 2.15. The fraction of sp³-hybridized carbons (Fsp3) is 0.462. The van der Waals surface area contributed by atoms with Gasteiger partial charge in [-0.2, -0.15) is 0 Å². The molecule has 0 atom stereocenters. The molecule has 0 aliphatic carbocycles. The lowest BCUT2D eigenvalue weighted by Crippen LogP contribution is -2.26. The van der Waals surface area contributed by atoms with Crippen LogP contribution in [0.3, 0.4) is 0 Å². The van der Waals surface area contributed by atoms with Crippen LogP contribution in [0.2, 0.25) is 0 Å². The van der Waals surface area contributed by atoms with Gasteiger partial charge in [0, 0.05) is 6.54 Å². The van der Waals surface area contributed by atoms with E-state index < -0.39 is 6.09 Å². The van der Waals surface area contributed by atoms with Crippen LogP contribution in [0.1, 0.15) is 32.0 Å². The van der Waals surface area contributed by atoms with E-state index in [1.54, 1.807) is 0 Å². The number of hydrogen-bond donors (Lipinski definition) is 3. The van der Waals surface area contributed by atoms with Crippen molar-refractivity contribution in [3.05, 3.63) is 22.5 Å². The molecule has 0 aliphatic rings. The first kappa shape index (κ1) is 15.0. The van der Waals surface area contributed by atoms with E-state index in [1.807, 2.05) is 4.57 Å². The highest BCUT2D eigenvalue weighted by Crippen LogP contribution is 2.12. The van der Waals surface area contributed by atoms with Gasteiger partial charge in [-0.05, 0) is 6.42 Å². The van der Waals surface area contributed by atoms with E-state index in [2.05, 4.69) is 32.4 Å². The molecule has 0 aliphatic heterocycles. The summed E-state index contributed by atoms with van der Waals surface area (Å²) in [6.45, 7) is 2.67. The second-order valence-electron chi connectivity index (χ2n) is 5.18. The van der Waals surface area contributed by atoms with Gasteiger partial charge < -0.3 is 15.4 Å². The van der Waals surface area contributed by atoms with Crippen LogP contribution in [0.5, 0.6) is 0 Å². The Labute approximate surface area is 130 Å². The zero-order chi connectivity index (χ0) is 16.4. The summed E-state index contributed by atoms with van der Waals surface area (Å²) in [6.07, 6.45) is 3.32. The number of imidazole rings is 1. The van der Waals surface area contributed by atoms with Crippen molar-refractivity contribution in [3.63, 3.8) is 0 Å². The van der Waals surface area contributed by atoms with Crippen LogP contribution in [0.4, 0.5) is 4.79 Å². The van der Waals surface area contributed by atoms with Gasteiger partial charge in [-0.25, -0.2) is 14.2 Å². The standard InChI is InChI=1S/C13H17N7O3/c1-2-3-4-5-19-10-9(15-7-16-10)11(21)20-8(6-14-13(22)23)17-18-12(19)20/h7,14H,2-6H2,1H3,(H,15,16)(H,22,23). The first-order valence-electron chi connectivity index (χ1n) is 7.40. The Morgan fingerprint density at radius 1 is 1.39 bits per heavy atom. The molecule has 0 aromatic carbocycles. The molecular formula is C13H17N7O3. The molecule has 0 unspecified atom stereocenters. The monoisotopic (exact) mass is 319 g/mol. The maximum atomic E-state index is 12.6. The van der Waals surface area contributed by atoms with Gasteiger partial charge in [-0.15, -0.1) is 10.2 Å². The average Bonchev–Trinajstić information content (AvgIpc) is 3.16. The van der Waals surface area contributed by atoms with Gasteiger partial charge in [0.15, 0.2) is 11.5 Å². The number of amides is 1. The van der Waals surface area contributed by atoms with Crippen LogP contribution in [-0.4, -0.2) is 40.3 Å². The number of nitrogens with one attached hydrogen (secondary N) is 2. The lowest BCUT2D eigenvalue weighted by Gasteiger charge is -2.09. The molecule has 0 saturated carbocycles. The molecule has 0 saturated heterocycles. The Morgan fingerprint density at radius 3 is 2.96 bits per heavy atom. The van der Waals surface area contributed by atoms with E-state index in [1.165, 1.54) is 10.7 Å². The van der Waals surface area contributed by atoms with Gasteiger partial charge in [0.05, 0.1) is 12.9 Å². The van der Waals surface area contributed by atoms with Gasteiger partial charge >= 0.3 is 6.09 Å². The predicted octanol–water partition coefficient (Wildman–Crippen LogP) is 0.725. The van der Waals surface area contributed by atoms with Crippen molar-refractivity contribution in [2.24, 2.45) is 0 Å². The number of aryl methyl sites for hydroxylation is 1. The van der Waals surface area contributed by atoms with Crippen molar-refractivity contribution in [2.45, 2.75) is 39.3 Å². The number of H-pyrrole nitrogens is 1. The summed E-state index contributed by atoms with van der Waals surface area (Å²) in [4.78, 5) is 30.3. The van der Waals surface area contributed by atoms with Gasteiger partial charge in [-0.3, -0.25) is 9.36 Å². The largest absolute Gasteiger partial charge is 0.465 e. The summed E-state index contributed by atoms with van der Waals surface area (Å²) in [5.41, 5.74) is 0.542. The molecule has 3 aromatic heterocycles. The highest BCUT2D eigenvalue weighted by atomic mass is 16.4. The minimum atomic E-state index is -1.19. The second kappa shape index (κ2) is 6.07. The Kier molecular flexibility index (Phi) is 3.96. The van der Waals surface area contributed by atoms with E-state index >= 15 is 0 Å². The number of hydrogen-bond acceptors (Lipinski definition) is 5. The predicted molar refractivity (Wildman–Crippen MR) is 81.3 cm³/mol. The van der Waals surface area contributed by atoms with Crippen LogP contribution < -0.4 is 10.9 Å². The van der Waals surface area contributed by atoms with Crippen LogP contribution in [0.15, 0.2) is 11.1 Å². The number of aromatic nitrogens is 6. The topological polar surface area (TPSA) is 130 Å². The lowest BCUT2D eigenvalue weighted by atomic mass is 10.2. The minimum absolute atomic E-state index is 0.0969. The number of fused-ring (bicyclic) bond motifs is 2. The Bertz CT molecular complexity index is 907. The summed E-state index contributed by atoms with van der Waals surface area (Å²) < 4.78 is 3.16. The molecule has 0 spiro atoms. The molecule has 3 rings (SSSR count). The Hall–Kier alpha value is -2.91. The molecule has 3 N–H and O–H groups in total. The number of nitrogens with zero attached hydrogens (tertiary/aromatic N) is 5. The average molecular weight is 319 g/mol. The van der Waals surface area contributed by atoms with Crippen molar-refractivity contribution < 1.29 is 9.90 Å². The van der Waals surface area contributed by atoms with E-state index in [-0.39, 0.29) is 17.9 Å². The SMILES string of the molecule is CCCCCn1c2nc[nH]c2c(=O)n2c(CNC(=O)O)nnc12. The highest BCUT2D eigenvalue weighted by Gasteiger charge is 2.18. The molecule has 1 amide bonds. The van der Waals surface area contributed by atoms with E-state index in [4.69, 9.17) is 5.11 Å². The van der Waals surface area contributed by atoms with Crippen LogP contribution in [0, 0.1) is 0 Å². The van der Waals surface area contributed by atoms with Crippen molar-refractivity contribution >= 4 is 23.0 Å². The van der Waals surface area contributed by atoms with E-state index in [9.17, 15) is 9.59 Å². The van der Waals surface area contributed by atoms with Crippen molar-refractivity contribution in [1.29, 1.82) is 0 Å². The van der Waals surface area contributed by atoms with Crippen LogP contribution >= 0.6 is 0 Å². The van der Waals surface area contributed by atoms with Crippen molar-refractivity contribution in [3.8, 4) is 0 Å². The molecule has 122 valence electrons. The number of carboxylic acid groups (broad SMARTS) is 1. The lowest BCUT2D eigenvalue weighted by molar-refractivity contribution is 0.193. The number of carbonyl (C=O) groups is 1. The van der Waals surface area contributed by atoms with Crippen LogP contribution in [0.25, 0.3) is 16.9 Å². The molecule has 3 aromatic rings. The zero-order valence-electron chi connectivity index (χ0n) is 12.6. The summed E-state index contributed by atoms with van der Waals surface area (Å²) in [7, 11) is 0. The molecule has 10 nitrogen and oxygen atoms in total. The summed E-state index contributed by atoms with van der Waals surface area (Å²) in [6, 6.07) is 0. The molecule has 0 bridgehead atoms. The third-order valence-electron chi connectivity index (χ3n) is 3.63. The molecular weight excluding hydrogens is 302 g/mol. The zero-order valence-corrected chi connectivity index (χ0v) is 12.6. The summed E-state index contributed by atoms with van der Waals surface area (Å²) in [5.74, 6) is 0.612. The maximum Gasteiger partial charge on any atom is 0.405 e. The number of unbranched alkanes of at least 4 members (excludes halogenated alkanes) is 2. The van der Waals surface area contributed by atoms with Gasteiger partial charge in [0.2, 0.25) is 5.78 Å². The molecule has 0 radical (unpaired) electrons. The third kappa shape index (κ3) is 2.62. The molecule has 3 heterocycles. The molecule has 0 fully saturated rings. The summed E-state index contributed by atoms with van der Waals surface area (Å²) >= 11 is 0. The van der Waals surface area contributed by atoms with Crippen molar-refractivity contribution in [1.82, 2.24) is 34.4 Å². The van der Waals surface area contributed by atoms with Crippen LogP contribution in [-0.2, 0) is 13.1 Å². The van der Waals surface area contributed by atoms with E-state index in [0.29, 0.717) is 23.5 Å². The van der Waals surface area contributed by atoms with Crippen molar-refractivity contribution in [2.75, 3.05) is 0 Å². The highest BCUT2D eigenvalue weighted by molar-refractivity contribution is 5.72. The molecule has 10 heteroatoms. The summed E-state index contributed by atoms with van der Waals surface area (Å²) in [5, 5.41) is 18.9. The van der Waals surface area contributed by atoms with Gasteiger partial charge in [-0.1, -0.05) is 19.8 Å². The third-order valence-corrected chi connectivity index (χ3v) is 3.63. The van der Waals surface area contributed by atoms with Gasteiger partial charge in [0.1, 0.15) is 5.52 Å². The fourth-order valence-corrected chi connectivity index (χ4v) is 2.54. The first-order chi connectivity index (χ1) is 11.1. The number of rotatable bonds is 6. The minimum Gasteiger partial charge on any atom is -0.465 e. The smallest absolute Gasteiger partial charge is 0.405 e. The Morgan fingerprint density at radius 2 is 2.22 bits per heavy atom. The normalized spacial score (nSPS) is 11.3. The second-order valence-corrected chi connectivity index (χ2v) is 5.18.